The zero-order valence-corrected chi connectivity index (χ0v) is 19.7. The van der Waals surface area contributed by atoms with Crippen LogP contribution in [0.1, 0.15) is 12.8 Å². The number of nitrogens with zero attached hydrogens (tertiary/aromatic N) is 4. The van der Waals surface area contributed by atoms with Crippen LogP contribution in [0.15, 0.2) is 48.5 Å². The van der Waals surface area contributed by atoms with Crippen LogP contribution in [0.4, 0.5) is 11.4 Å². The number of carbonyl (C=O) groups excluding carboxylic acids is 4. The van der Waals surface area contributed by atoms with Crippen molar-refractivity contribution in [3.63, 3.8) is 0 Å². The van der Waals surface area contributed by atoms with Crippen LogP contribution in [0.5, 0.6) is 0 Å². The Morgan fingerprint density at radius 3 is 1.29 bits per heavy atom. The van der Waals surface area contributed by atoms with Gasteiger partial charge < -0.3 is 0 Å². The first-order chi connectivity index (χ1) is 16.4. The Morgan fingerprint density at radius 2 is 0.941 bits per heavy atom. The molecule has 3 aliphatic rings. The minimum Gasteiger partial charge on any atom is -0.289 e. The molecule has 34 heavy (non-hydrogen) atoms. The van der Waals surface area contributed by atoms with Gasteiger partial charge in [0.25, 0.3) is 11.8 Å². The zero-order valence-electron chi connectivity index (χ0n) is 18.2. The van der Waals surface area contributed by atoms with Crippen molar-refractivity contribution in [1.29, 1.82) is 0 Å². The van der Waals surface area contributed by atoms with Gasteiger partial charge in [0.2, 0.25) is 11.8 Å². The Hall–Kier alpha value is -2.78. The summed E-state index contributed by atoms with van der Waals surface area (Å²) in [6.07, 6.45) is 0.177. The van der Waals surface area contributed by atoms with Gasteiger partial charge in [-0.3, -0.25) is 29.0 Å². The van der Waals surface area contributed by atoms with Crippen LogP contribution in [-0.2, 0) is 19.2 Å². The number of para-hydroxylation sites is 2. The number of imide groups is 2. The standard InChI is InChI=1S/C24H22Cl2N4O4/c25-15-5-1-3-7-17(15)29-21(31)13-19(23(29)33)27-9-11-28(12-10-27)20-14-22(32)30(24(20)34)18-8-4-2-6-16(18)26/h1-8,19-20H,9-14H2. The lowest BCUT2D eigenvalue weighted by atomic mass is 10.1. The number of anilines is 2. The molecular formula is C24H22Cl2N4O4. The molecule has 0 bridgehead atoms. The van der Waals surface area contributed by atoms with Gasteiger partial charge in [-0.2, -0.15) is 0 Å². The fourth-order valence-corrected chi connectivity index (χ4v) is 5.38. The molecule has 176 valence electrons. The van der Waals surface area contributed by atoms with Crippen molar-refractivity contribution in [3.8, 4) is 0 Å². The summed E-state index contributed by atoms with van der Waals surface area (Å²) in [4.78, 5) is 57.8. The summed E-state index contributed by atoms with van der Waals surface area (Å²) in [6, 6.07) is 12.4. The van der Waals surface area contributed by atoms with E-state index >= 15 is 0 Å². The summed E-state index contributed by atoms with van der Waals surface area (Å²) in [7, 11) is 0. The van der Waals surface area contributed by atoms with E-state index < -0.39 is 12.1 Å². The molecule has 10 heteroatoms. The van der Waals surface area contributed by atoms with Gasteiger partial charge in [-0.15, -0.1) is 0 Å². The van der Waals surface area contributed by atoms with E-state index in [1.165, 1.54) is 9.80 Å². The van der Waals surface area contributed by atoms with Gasteiger partial charge in [0.05, 0.1) is 46.3 Å². The van der Waals surface area contributed by atoms with E-state index in [2.05, 4.69) is 0 Å². The Bertz CT molecular complexity index is 1090. The molecule has 3 aliphatic heterocycles. The van der Waals surface area contributed by atoms with E-state index in [1.54, 1.807) is 48.5 Å². The Morgan fingerprint density at radius 1 is 0.588 bits per heavy atom. The first-order valence-electron chi connectivity index (χ1n) is 11.1. The third kappa shape index (κ3) is 3.90. The Balaban J connectivity index is 1.25. The van der Waals surface area contributed by atoms with Crippen LogP contribution in [0.2, 0.25) is 10.0 Å². The quantitative estimate of drug-likeness (QED) is 0.600. The number of carbonyl (C=O) groups is 4. The lowest BCUT2D eigenvalue weighted by Gasteiger charge is -2.38. The van der Waals surface area contributed by atoms with Gasteiger partial charge in [-0.25, -0.2) is 9.80 Å². The number of hydrogen-bond acceptors (Lipinski definition) is 6. The van der Waals surface area contributed by atoms with E-state index in [4.69, 9.17) is 23.2 Å². The lowest BCUT2D eigenvalue weighted by molar-refractivity contribution is -0.126. The van der Waals surface area contributed by atoms with Crippen LogP contribution >= 0.6 is 23.2 Å². The van der Waals surface area contributed by atoms with Crippen LogP contribution in [0, 0.1) is 0 Å². The molecule has 8 nitrogen and oxygen atoms in total. The first-order valence-corrected chi connectivity index (χ1v) is 11.8. The predicted molar refractivity (Wildman–Crippen MR) is 128 cm³/mol. The SMILES string of the molecule is O=C1CC(N2CCN(C3CC(=O)N(c4ccccc4Cl)C3=O)CC2)C(=O)N1c1ccccc1Cl. The van der Waals surface area contributed by atoms with E-state index in [1.807, 2.05) is 9.80 Å². The summed E-state index contributed by atoms with van der Waals surface area (Å²) >= 11 is 12.4. The van der Waals surface area contributed by atoms with Crippen LogP contribution < -0.4 is 9.80 Å². The normalized spacial score (nSPS) is 24.5. The molecule has 2 aromatic carbocycles. The minimum atomic E-state index is -0.563. The monoisotopic (exact) mass is 500 g/mol. The predicted octanol–water partition coefficient (Wildman–Crippen LogP) is 2.57. The number of piperazine rings is 1. The van der Waals surface area contributed by atoms with Crippen molar-refractivity contribution in [2.75, 3.05) is 36.0 Å². The molecule has 0 N–H and O–H groups in total. The van der Waals surface area contributed by atoms with E-state index in [9.17, 15) is 19.2 Å². The van der Waals surface area contributed by atoms with Gasteiger partial charge in [-0.1, -0.05) is 47.5 Å². The minimum absolute atomic E-state index is 0.0885. The summed E-state index contributed by atoms with van der Waals surface area (Å²) in [5.74, 6) is -1.14. The van der Waals surface area contributed by atoms with E-state index in [0.29, 0.717) is 47.6 Å². The van der Waals surface area contributed by atoms with Gasteiger partial charge in [0.1, 0.15) is 0 Å². The van der Waals surface area contributed by atoms with Crippen molar-refractivity contribution in [2.45, 2.75) is 24.9 Å². The molecule has 3 heterocycles. The molecular weight excluding hydrogens is 479 g/mol. The smallest absolute Gasteiger partial charge is 0.251 e. The summed E-state index contributed by atoms with van der Waals surface area (Å²) in [6.45, 7) is 2.02. The number of amides is 4. The molecule has 0 spiro atoms. The molecule has 2 atom stereocenters. The number of benzene rings is 2. The largest absolute Gasteiger partial charge is 0.289 e. The molecule has 3 saturated heterocycles. The molecule has 2 unspecified atom stereocenters. The van der Waals surface area contributed by atoms with Gasteiger partial charge in [-0.05, 0) is 24.3 Å². The Labute approximate surface area is 206 Å². The summed E-state index contributed by atoms with van der Waals surface area (Å²) in [5.41, 5.74) is 0.796. The molecule has 4 amide bonds. The molecule has 0 aliphatic carbocycles. The van der Waals surface area contributed by atoms with Crippen molar-refractivity contribution in [3.05, 3.63) is 58.6 Å². The number of rotatable bonds is 4. The van der Waals surface area contributed by atoms with Gasteiger partial charge in [0.15, 0.2) is 0 Å². The Kier molecular flexibility index (Phi) is 6.16. The second kappa shape index (κ2) is 9.11. The average Bonchev–Trinajstić information content (AvgIpc) is 3.29. The molecule has 5 rings (SSSR count). The second-order valence-electron chi connectivity index (χ2n) is 8.55. The molecule has 0 aromatic heterocycles. The highest BCUT2D eigenvalue weighted by Crippen LogP contribution is 2.33. The lowest BCUT2D eigenvalue weighted by Crippen LogP contribution is -2.56. The van der Waals surface area contributed by atoms with Crippen LogP contribution in [0.3, 0.4) is 0 Å². The van der Waals surface area contributed by atoms with Gasteiger partial charge >= 0.3 is 0 Å². The average molecular weight is 501 g/mol. The highest BCUT2D eigenvalue weighted by atomic mass is 35.5. The molecule has 3 fully saturated rings. The van der Waals surface area contributed by atoms with Crippen LogP contribution in [0.25, 0.3) is 0 Å². The van der Waals surface area contributed by atoms with Crippen molar-refractivity contribution in [1.82, 2.24) is 9.80 Å². The highest BCUT2D eigenvalue weighted by Gasteiger charge is 2.47. The third-order valence-electron chi connectivity index (χ3n) is 6.66. The summed E-state index contributed by atoms with van der Waals surface area (Å²) < 4.78 is 0. The third-order valence-corrected chi connectivity index (χ3v) is 7.30. The summed E-state index contributed by atoms with van der Waals surface area (Å²) in [5, 5.41) is 0.698. The molecule has 0 saturated carbocycles. The second-order valence-corrected chi connectivity index (χ2v) is 9.36. The number of halogens is 2. The first kappa shape index (κ1) is 23.0. The highest BCUT2D eigenvalue weighted by molar-refractivity contribution is 6.36. The van der Waals surface area contributed by atoms with Crippen molar-refractivity contribution >= 4 is 58.2 Å². The van der Waals surface area contributed by atoms with Crippen molar-refractivity contribution in [2.24, 2.45) is 0 Å². The molecule has 2 aromatic rings. The fraction of sp³-hybridized carbons (Fsp3) is 0.333. The van der Waals surface area contributed by atoms with Gasteiger partial charge in [0, 0.05) is 26.2 Å². The zero-order chi connectivity index (χ0) is 24.0. The number of hydrogen-bond donors (Lipinski definition) is 0. The van der Waals surface area contributed by atoms with E-state index in [-0.39, 0.29) is 36.5 Å². The maximum atomic E-state index is 13.1. The maximum Gasteiger partial charge on any atom is 0.251 e. The van der Waals surface area contributed by atoms with E-state index in [0.717, 1.165) is 0 Å². The topological polar surface area (TPSA) is 81.2 Å². The fourth-order valence-electron chi connectivity index (χ4n) is 4.94. The molecule has 0 radical (unpaired) electrons. The van der Waals surface area contributed by atoms with Crippen molar-refractivity contribution < 1.29 is 19.2 Å². The maximum absolute atomic E-state index is 13.1. The van der Waals surface area contributed by atoms with Crippen LogP contribution in [-0.4, -0.2) is 71.7 Å².